The van der Waals surface area contributed by atoms with Gasteiger partial charge < -0.3 is 14.4 Å². The third-order valence-electron chi connectivity index (χ3n) is 3.85. The molecule has 0 aliphatic carbocycles. The molecule has 1 aromatic heterocycles. The average Bonchev–Trinajstić information content (AvgIpc) is 2.63. The van der Waals surface area contributed by atoms with Gasteiger partial charge in [0.05, 0.1) is 18.7 Å². The van der Waals surface area contributed by atoms with Crippen LogP contribution < -0.4 is 5.43 Å². The van der Waals surface area contributed by atoms with E-state index < -0.39 is 11.4 Å². The molecule has 3 aromatic rings. The van der Waals surface area contributed by atoms with Crippen molar-refractivity contribution in [2.45, 2.75) is 13.5 Å². The number of aliphatic hydroxyl groups is 1. The fourth-order valence-electron chi connectivity index (χ4n) is 2.65. The molecule has 1 N–H and O–H groups in total. The van der Waals surface area contributed by atoms with Gasteiger partial charge in [-0.25, -0.2) is 9.18 Å². The Morgan fingerprint density at radius 1 is 1.20 bits per heavy atom. The second kappa shape index (κ2) is 6.86. The number of fused-ring (bicyclic) bond motifs is 1. The summed E-state index contributed by atoms with van der Waals surface area (Å²) in [6.45, 7) is 1.57. The van der Waals surface area contributed by atoms with Crippen molar-refractivity contribution in [3.8, 4) is 5.69 Å². The first-order valence-electron chi connectivity index (χ1n) is 7.77. The minimum Gasteiger partial charge on any atom is -0.462 e. The predicted octanol–water partition coefficient (Wildman–Crippen LogP) is 2.80. The maximum absolute atomic E-state index is 13.2. The van der Waals surface area contributed by atoms with Crippen molar-refractivity contribution in [2.75, 3.05) is 6.61 Å². The molecule has 0 fully saturated rings. The fraction of sp³-hybridized carbons (Fsp3) is 0.158. The topological polar surface area (TPSA) is 68.5 Å². The van der Waals surface area contributed by atoms with E-state index in [9.17, 15) is 19.1 Å². The van der Waals surface area contributed by atoms with Crippen LogP contribution in [0.1, 0.15) is 22.8 Å². The molecule has 0 aliphatic heterocycles. The highest BCUT2D eigenvalue weighted by Crippen LogP contribution is 2.20. The molecule has 0 saturated carbocycles. The number of ether oxygens (including phenoxy) is 1. The number of nitrogens with zero attached hydrogens (tertiary/aromatic N) is 1. The zero-order chi connectivity index (χ0) is 18.0. The van der Waals surface area contributed by atoms with Crippen LogP contribution >= 0.6 is 0 Å². The quantitative estimate of drug-likeness (QED) is 0.741. The number of hydrogen-bond donors (Lipinski definition) is 1. The summed E-state index contributed by atoms with van der Waals surface area (Å²) in [5.74, 6) is -1.11. The molecule has 0 radical (unpaired) electrons. The first-order chi connectivity index (χ1) is 12.0. The number of rotatable bonds is 4. The number of benzene rings is 2. The molecular weight excluding hydrogens is 325 g/mol. The lowest BCUT2D eigenvalue weighted by Gasteiger charge is -2.14. The van der Waals surface area contributed by atoms with E-state index in [4.69, 9.17) is 4.74 Å². The Morgan fingerprint density at radius 3 is 2.56 bits per heavy atom. The van der Waals surface area contributed by atoms with Crippen LogP contribution in [0.25, 0.3) is 16.6 Å². The van der Waals surface area contributed by atoms with Crippen molar-refractivity contribution in [1.82, 2.24) is 4.57 Å². The van der Waals surface area contributed by atoms with Crippen LogP contribution in [0.5, 0.6) is 0 Å². The highest BCUT2D eigenvalue weighted by atomic mass is 19.1. The van der Waals surface area contributed by atoms with Crippen molar-refractivity contribution < 1.29 is 19.0 Å². The van der Waals surface area contributed by atoms with Gasteiger partial charge in [-0.2, -0.15) is 0 Å². The van der Waals surface area contributed by atoms with Gasteiger partial charge in [-0.1, -0.05) is 6.07 Å². The Bertz CT molecular complexity index is 993. The summed E-state index contributed by atoms with van der Waals surface area (Å²) in [6.07, 6.45) is 1.40. The monoisotopic (exact) mass is 341 g/mol. The van der Waals surface area contributed by atoms with Gasteiger partial charge in [0.2, 0.25) is 5.43 Å². The van der Waals surface area contributed by atoms with E-state index in [0.717, 1.165) is 0 Å². The molecule has 0 amide bonds. The van der Waals surface area contributed by atoms with E-state index >= 15 is 0 Å². The zero-order valence-electron chi connectivity index (χ0n) is 13.5. The molecule has 0 atom stereocenters. The van der Waals surface area contributed by atoms with E-state index in [1.807, 2.05) is 0 Å². The van der Waals surface area contributed by atoms with Crippen molar-refractivity contribution in [2.24, 2.45) is 0 Å². The van der Waals surface area contributed by atoms with Crippen molar-refractivity contribution in [3.63, 3.8) is 0 Å². The lowest BCUT2D eigenvalue weighted by atomic mass is 10.1. The smallest absolute Gasteiger partial charge is 0.343 e. The summed E-state index contributed by atoms with van der Waals surface area (Å²) < 4.78 is 19.8. The summed E-state index contributed by atoms with van der Waals surface area (Å²) in [5.41, 5.74) is 1.10. The van der Waals surface area contributed by atoms with Gasteiger partial charge in [0.25, 0.3) is 0 Å². The van der Waals surface area contributed by atoms with Gasteiger partial charge in [-0.05, 0) is 48.9 Å². The normalized spacial score (nSPS) is 10.8. The number of carbonyl (C=O) groups excluding carboxylic acids is 1. The van der Waals surface area contributed by atoms with Gasteiger partial charge in [0.15, 0.2) is 0 Å². The Balaban J connectivity index is 2.34. The van der Waals surface area contributed by atoms with Crippen LogP contribution in [0.4, 0.5) is 4.39 Å². The Hall–Kier alpha value is -2.99. The van der Waals surface area contributed by atoms with E-state index in [0.29, 0.717) is 16.8 Å². The first-order valence-corrected chi connectivity index (χ1v) is 7.77. The van der Waals surface area contributed by atoms with E-state index in [-0.39, 0.29) is 30.0 Å². The number of hydrogen-bond acceptors (Lipinski definition) is 4. The van der Waals surface area contributed by atoms with E-state index in [2.05, 4.69) is 0 Å². The zero-order valence-corrected chi connectivity index (χ0v) is 13.5. The lowest BCUT2D eigenvalue weighted by Crippen LogP contribution is -2.20. The number of esters is 1. The molecule has 1 heterocycles. The largest absolute Gasteiger partial charge is 0.462 e. The van der Waals surface area contributed by atoms with Crippen molar-refractivity contribution >= 4 is 16.9 Å². The molecule has 128 valence electrons. The van der Waals surface area contributed by atoms with Gasteiger partial charge in [0, 0.05) is 17.3 Å². The van der Waals surface area contributed by atoms with Crippen LogP contribution in [-0.2, 0) is 11.3 Å². The Kier molecular flexibility index (Phi) is 4.63. The molecule has 0 spiro atoms. The number of carbonyl (C=O) groups is 1. The predicted molar refractivity (Wildman–Crippen MR) is 91.4 cm³/mol. The molecule has 0 unspecified atom stereocenters. The Labute approximate surface area is 142 Å². The van der Waals surface area contributed by atoms with Crippen LogP contribution in [0.2, 0.25) is 0 Å². The minimum atomic E-state index is -0.723. The standard InChI is InChI=1S/C19H16FNO4/c1-2-25-19(24)16-10-21(14-6-4-13(20)5-7-14)17-8-3-12(11-22)9-15(17)18(16)23/h3-10,22H,2,11H2,1H3. The maximum atomic E-state index is 13.2. The molecule has 6 heteroatoms. The number of aromatic nitrogens is 1. The van der Waals surface area contributed by atoms with Gasteiger partial charge in [-0.3, -0.25) is 4.79 Å². The Morgan fingerprint density at radius 2 is 1.92 bits per heavy atom. The van der Waals surface area contributed by atoms with Crippen LogP contribution in [0, 0.1) is 5.82 Å². The second-order valence-corrected chi connectivity index (χ2v) is 5.45. The molecule has 3 rings (SSSR count). The van der Waals surface area contributed by atoms with Gasteiger partial charge in [-0.15, -0.1) is 0 Å². The van der Waals surface area contributed by atoms with Gasteiger partial charge in [0.1, 0.15) is 11.4 Å². The lowest BCUT2D eigenvalue weighted by molar-refractivity contribution is 0.0524. The molecular formula is C19H16FNO4. The van der Waals surface area contributed by atoms with Crippen LogP contribution in [0.3, 0.4) is 0 Å². The van der Waals surface area contributed by atoms with E-state index in [1.165, 1.54) is 18.3 Å². The summed E-state index contributed by atoms with van der Waals surface area (Å²) in [7, 11) is 0. The summed E-state index contributed by atoms with van der Waals surface area (Å²) in [4.78, 5) is 24.9. The minimum absolute atomic E-state index is 0.117. The molecule has 25 heavy (non-hydrogen) atoms. The molecule has 0 aliphatic rings. The summed E-state index contributed by atoms with van der Waals surface area (Å²) in [6, 6.07) is 10.6. The fourth-order valence-corrected chi connectivity index (χ4v) is 2.65. The molecule has 0 bridgehead atoms. The van der Waals surface area contributed by atoms with Crippen molar-refractivity contribution in [3.05, 3.63) is 75.8 Å². The number of aliphatic hydroxyl groups excluding tert-OH is 1. The highest BCUT2D eigenvalue weighted by Gasteiger charge is 2.17. The van der Waals surface area contributed by atoms with E-state index in [1.54, 1.807) is 41.8 Å². The third kappa shape index (κ3) is 3.16. The van der Waals surface area contributed by atoms with Crippen LogP contribution in [-0.4, -0.2) is 22.2 Å². The molecule has 2 aromatic carbocycles. The van der Waals surface area contributed by atoms with Crippen LogP contribution in [0.15, 0.2) is 53.5 Å². The number of halogens is 1. The average molecular weight is 341 g/mol. The number of pyridine rings is 1. The maximum Gasteiger partial charge on any atom is 0.343 e. The van der Waals surface area contributed by atoms with Gasteiger partial charge >= 0.3 is 5.97 Å². The first kappa shape index (κ1) is 16.9. The highest BCUT2D eigenvalue weighted by molar-refractivity contribution is 5.94. The molecule has 0 saturated heterocycles. The third-order valence-corrected chi connectivity index (χ3v) is 3.85. The second-order valence-electron chi connectivity index (χ2n) is 5.45. The SMILES string of the molecule is CCOC(=O)c1cn(-c2ccc(F)cc2)c2ccc(CO)cc2c1=O. The molecule has 5 nitrogen and oxygen atoms in total. The summed E-state index contributed by atoms with van der Waals surface area (Å²) in [5, 5.41) is 9.60. The summed E-state index contributed by atoms with van der Waals surface area (Å²) >= 11 is 0. The van der Waals surface area contributed by atoms with Crippen molar-refractivity contribution in [1.29, 1.82) is 0 Å².